The first-order valence-electron chi connectivity index (χ1n) is 5.61. The lowest BCUT2D eigenvalue weighted by atomic mass is 10.2. The molecule has 1 N–H and O–H groups in total. The molecule has 0 unspecified atom stereocenters. The molecule has 1 heterocycles. The Balaban J connectivity index is 2.37. The van der Waals surface area contributed by atoms with E-state index in [-0.39, 0.29) is 12.0 Å². The van der Waals surface area contributed by atoms with Crippen LogP contribution in [0.4, 0.5) is 0 Å². The third kappa shape index (κ3) is 2.85. The molecule has 0 aliphatic carbocycles. The molecule has 2 rings (SSSR count). The first-order chi connectivity index (χ1) is 8.66. The van der Waals surface area contributed by atoms with Crippen LogP contribution in [-0.2, 0) is 17.8 Å². The number of carboxylic acids is 1. The van der Waals surface area contributed by atoms with E-state index in [9.17, 15) is 9.59 Å². The highest BCUT2D eigenvalue weighted by atomic mass is 16.4. The molecular weight excluding hydrogens is 230 g/mol. The number of carbonyl (C=O) groups is 1. The van der Waals surface area contributed by atoms with Crippen molar-refractivity contribution < 1.29 is 9.90 Å². The number of aromatic nitrogens is 1. The van der Waals surface area contributed by atoms with E-state index in [1.165, 1.54) is 10.6 Å². The van der Waals surface area contributed by atoms with Gasteiger partial charge in [-0.05, 0) is 11.6 Å². The molecule has 0 saturated heterocycles. The van der Waals surface area contributed by atoms with Gasteiger partial charge in [-0.3, -0.25) is 9.59 Å². The number of nitrogens with zero attached hydrogens (tertiary/aromatic N) is 1. The lowest BCUT2D eigenvalue weighted by molar-refractivity contribution is -0.136. The van der Waals surface area contributed by atoms with Gasteiger partial charge in [-0.15, -0.1) is 0 Å². The molecule has 18 heavy (non-hydrogen) atoms. The van der Waals surface area contributed by atoms with Crippen molar-refractivity contribution in [2.45, 2.75) is 13.0 Å². The second-order valence-corrected chi connectivity index (χ2v) is 4.00. The van der Waals surface area contributed by atoms with Gasteiger partial charge in [-0.1, -0.05) is 36.4 Å². The number of rotatable bonds is 4. The number of hydrogen-bond donors (Lipinski definition) is 1. The molecule has 4 nitrogen and oxygen atoms in total. The maximum absolute atomic E-state index is 11.8. The van der Waals surface area contributed by atoms with Gasteiger partial charge in [0.2, 0.25) is 0 Å². The highest BCUT2D eigenvalue weighted by Crippen LogP contribution is 2.04. The summed E-state index contributed by atoms with van der Waals surface area (Å²) >= 11 is 0. The summed E-state index contributed by atoms with van der Waals surface area (Å²) in [4.78, 5) is 22.6. The summed E-state index contributed by atoms with van der Waals surface area (Å²) in [5, 5.41) is 8.83. The van der Waals surface area contributed by atoms with Crippen LogP contribution in [0.25, 0.3) is 0 Å². The SMILES string of the molecule is O=C(O)Cc1cccc(=O)n1Cc1ccccc1. The molecule has 0 saturated carbocycles. The Kier molecular flexibility index (Phi) is 3.57. The van der Waals surface area contributed by atoms with Crippen molar-refractivity contribution in [1.82, 2.24) is 4.57 Å². The second kappa shape index (κ2) is 5.31. The van der Waals surface area contributed by atoms with Crippen LogP contribution < -0.4 is 5.56 Å². The molecule has 1 aromatic carbocycles. The zero-order valence-corrected chi connectivity index (χ0v) is 9.74. The average molecular weight is 243 g/mol. The maximum Gasteiger partial charge on any atom is 0.309 e. The summed E-state index contributed by atoms with van der Waals surface area (Å²) in [6.07, 6.45) is -0.150. The first-order valence-corrected chi connectivity index (χ1v) is 5.61. The molecule has 0 spiro atoms. The Bertz CT molecular complexity index is 602. The second-order valence-electron chi connectivity index (χ2n) is 4.00. The largest absolute Gasteiger partial charge is 0.481 e. The van der Waals surface area contributed by atoms with Crippen LogP contribution >= 0.6 is 0 Å². The van der Waals surface area contributed by atoms with Crippen LogP contribution in [0.1, 0.15) is 11.3 Å². The minimum Gasteiger partial charge on any atom is -0.481 e. The minimum absolute atomic E-state index is 0.150. The Morgan fingerprint density at radius 1 is 1.06 bits per heavy atom. The molecule has 2 aromatic rings. The summed E-state index contributed by atoms with van der Waals surface area (Å²) in [7, 11) is 0. The molecule has 0 radical (unpaired) electrons. The summed E-state index contributed by atoms with van der Waals surface area (Å²) in [6.45, 7) is 0.392. The molecule has 4 heteroatoms. The normalized spacial score (nSPS) is 10.2. The molecule has 0 amide bonds. The monoisotopic (exact) mass is 243 g/mol. The summed E-state index contributed by atoms with van der Waals surface area (Å²) in [6, 6.07) is 14.2. The Morgan fingerprint density at radius 2 is 1.78 bits per heavy atom. The van der Waals surface area contributed by atoms with E-state index in [2.05, 4.69) is 0 Å². The zero-order chi connectivity index (χ0) is 13.0. The number of benzene rings is 1. The van der Waals surface area contributed by atoms with Crippen LogP contribution in [0.3, 0.4) is 0 Å². The highest BCUT2D eigenvalue weighted by Gasteiger charge is 2.07. The Morgan fingerprint density at radius 3 is 2.44 bits per heavy atom. The van der Waals surface area contributed by atoms with Crippen LogP contribution in [0.15, 0.2) is 53.3 Å². The first kappa shape index (κ1) is 12.1. The van der Waals surface area contributed by atoms with Crippen molar-refractivity contribution in [2.75, 3.05) is 0 Å². The van der Waals surface area contributed by atoms with Gasteiger partial charge >= 0.3 is 5.97 Å². The number of aliphatic carboxylic acids is 1. The van der Waals surface area contributed by atoms with Crippen LogP contribution in [-0.4, -0.2) is 15.6 Å². The molecular formula is C14H13NO3. The van der Waals surface area contributed by atoms with E-state index in [1.54, 1.807) is 12.1 Å². The Hall–Kier alpha value is -2.36. The predicted molar refractivity (Wildman–Crippen MR) is 67.6 cm³/mol. The van der Waals surface area contributed by atoms with Crippen molar-refractivity contribution in [3.05, 3.63) is 70.1 Å². The topological polar surface area (TPSA) is 59.3 Å². The van der Waals surface area contributed by atoms with Gasteiger partial charge in [0, 0.05) is 11.8 Å². The van der Waals surface area contributed by atoms with E-state index in [1.807, 2.05) is 30.3 Å². The van der Waals surface area contributed by atoms with Gasteiger partial charge in [0.25, 0.3) is 5.56 Å². The van der Waals surface area contributed by atoms with Gasteiger partial charge in [0.1, 0.15) is 0 Å². The molecule has 92 valence electrons. The smallest absolute Gasteiger partial charge is 0.309 e. The van der Waals surface area contributed by atoms with Crippen molar-refractivity contribution in [3.63, 3.8) is 0 Å². The minimum atomic E-state index is -0.942. The molecule has 0 bridgehead atoms. The van der Waals surface area contributed by atoms with E-state index in [0.29, 0.717) is 12.2 Å². The van der Waals surface area contributed by atoms with Gasteiger partial charge in [-0.25, -0.2) is 0 Å². The molecule has 0 aliphatic rings. The van der Waals surface area contributed by atoms with Crippen molar-refractivity contribution in [2.24, 2.45) is 0 Å². The molecule has 0 aliphatic heterocycles. The van der Waals surface area contributed by atoms with Crippen LogP contribution in [0.5, 0.6) is 0 Å². The number of hydrogen-bond acceptors (Lipinski definition) is 2. The third-order valence-electron chi connectivity index (χ3n) is 2.66. The van der Waals surface area contributed by atoms with Crippen LogP contribution in [0, 0.1) is 0 Å². The third-order valence-corrected chi connectivity index (χ3v) is 2.66. The summed E-state index contributed by atoms with van der Waals surface area (Å²) < 4.78 is 1.49. The van der Waals surface area contributed by atoms with Gasteiger partial charge in [0.15, 0.2) is 0 Å². The lowest BCUT2D eigenvalue weighted by Gasteiger charge is -2.11. The quantitative estimate of drug-likeness (QED) is 0.885. The fourth-order valence-electron chi connectivity index (χ4n) is 1.82. The maximum atomic E-state index is 11.8. The number of pyridine rings is 1. The van der Waals surface area contributed by atoms with Gasteiger partial charge < -0.3 is 9.67 Å². The molecule has 0 fully saturated rings. The van der Waals surface area contributed by atoms with Crippen molar-refractivity contribution >= 4 is 5.97 Å². The molecule has 1 aromatic heterocycles. The van der Waals surface area contributed by atoms with Crippen molar-refractivity contribution in [1.29, 1.82) is 0 Å². The fraction of sp³-hybridized carbons (Fsp3) is 0.143. The summed E-state index contributed by atoms with van der Waals surface area (Å²) in [5.41, 5.74) is 1.30. The highest BCUT2D eigenvalue weighted by molar-refractivity contribution is 5.69. The van der Waals surface area contributed by atoms with E-state index < -0.39 is 5.97 Å². The van der Waals surface area contributed by atoms with E-state index in [4.69, 9.17) is 5.11 Å². The lowest BCUT2D eigenvalue weighted by Crippen LogP contribution is -2.24. The van der Waals surface area contributed by atoms with Gasteiger partial charge in [-0.2, -0.15) is 0 Å². The van der Waals surface area contributed by atoms with E-state index in [0.717, 1.165) is 5.56 Å². The number of carboxylic acid groups (broad SMARTS) is 1. The zero-order valence-electron chi connectivity index (χ0n) is 9.74. The van der Waals surface area contributed by atoms with Gasteiger partial charge in [0.05, 0.1) is 13.0 Å². The average Bonchev–Trinajstić information content (AvgIpc) is 2.34. The predicted octanol–water partition coefficient (Wildman–Crippen LogP) is 1.52. The Labute approximate surface area is 104 Å². The van der Waals surface area contributed by atoms with Crippen molar-refractivity contribution in [3.8, 4) is 0 Å². The standard InChI is InChI=1S/C14H13NO3/c16-13-8-4-7-12(9-14(17)18)15(13)10-11-5-2-1-3-6-11/h1-8H,9-10H2,(H,17,18). The van der Waals surface area contributed by atoms with E-state index >= 15 is 0 Å². The van der Waals surface area contributed by atoms with Crippen LogP contribution in [0.2, 0.25) is 0 Å². The fourth-order valence-corrected chi connectivity index (χ4v) is 1.82. The summed E-state index contributed by atoms with van der Waals surface area (Å²) in [5.74, 6) is -0.942. The molecule has 0 atom stereocenters.